The molecule has 1 aromatic heterocycles. The van der Waals surface area contributed by atoms with Crippen LogP contribution in [-0.4, -0.2) is 29.0 Å². The minimum atomic E-state index is -4.53. The van der Waals surface area contributed by atoms with E-state index < -0.39 is 24.2 Å². The van der Waals surface area contributed by atoms with Crippen molar-refractivity contribution in [2.75, 3.05) is 17.7 Å². The molecule has 3 aromatic rings. The van der Waals surface area contributed by atoms with Crippen molar-refractivity contribution in [2.45, 2.75) is 24.7 Å². The van der Waals surface area contributed by atoms with E-state index in [0.29, 0.717) is 22.0 Å². The molecule has 6 nitrogen and oxygen atoms in total. The Bertz CT molecular complexity index is 1080. The van der Waals surface area contributed by atoms with E-state index in [-0.39, 0.29) is 17.9 Å². The summed E-state index contributed by atoms with van der Waals surface area (Å²) in [6.45, 7) is 0. The first-order valence-corrected chi connectivity index (χ1v) is 9.76. The van der Waals surface area contributed by atoms with Crippen LogP contribution in [0.25, 0.3) is 0 Å². The SMILES string of the molecule is COc1ccc([C@@H]2C[C@H](C(F)(F)F)n3nc(C(=O)Nc4ccc(Cl)cc4)cc3N2)cc1. The number of carbonyl (C=O) groups is 1. The lowest BCUT2D eigenvalue weighted by Crippen LogP contribution is -2.35. The van der Waals surface area contributed by atoms with Crippen molar-refractivity contribution in [3.05, 3.63) is 70.9 Å². The fourth-order valence-electron chi connectivity index (χ4n) is 3.47. The first kappa shape index (κ1) is 21.0. The van der Waals surface area contributed by atoms with E-state index in [1.807, 2.05) is 0 Å². The molecular weight excluding hydrogens is 433 g/mol. The maximum absolute atomic E-state index is 13.8. The summed E-state index contributed by atoms with van der Waals surface area (Å²) in [5, 5.41) is 10.1. The molecule has 162 valence electrons. The van der Waals surface area contributed by atoms with Crippen molar-refractivity contribution in [3.63, 3.8) is 0 Å². The van der Waals surface area contributed by atoms with E-state index in [9.17, 15) is 18.0 Å². The van der Waals surface area contributed by atoms with Gasteiger partial charge in [-0.25, -0.2) is 4.68 Å². The number of halogens is 4. The third kappa shape index (κ3) is 4.46. The molecule has 0 aliphatic carbocycles. The van der Waals surface area contributed by atoms with Gasteiger partial charge in [0.2, 0.25) is 0 Å². The number of rotatable bonds is 4. The highest BCUT2D eigenvalue weighted by Crippen LogP contribution is 2.43. The van der Waals surface area contributed by atoms with Gasteiger partial charge in [0.15, 0.2) is 11.7 Å². The Hall–Kier alpha value is -3.20. The van der Waals surface area contributed by atoms with Gasteiger partial charge in [0.25, 0.3) is 5.91 Å². The molecule has 0 fully saturated rings. The zero-order chi connectivity index (χ0) is 22.2. The highest BCUT2D eigenvalue weighted by molar-refractivity contribution is 6.30. The van der Waals surface area contributed by atoms with Crippen LogP contribution in [0.4, 0.5) is 24.7 Å². The lowest BCUT2D eigenvalue weighted by molar-refractivity contribution is -0.173. The largest absolute Gasteiger partial charge is 0.497 e. The number of aromatic nitrogens is 2. The predicted octanol–water partition coefficient (Wildman–Crippen LogP) is 5.46. The second-order valence-corrected chi connectivity index (χ2v) is 7.52. The van der Waals surface area contributed by atoms with Gasteiger partial charge in [0.05, 0.1) is 13.2 Å². The summed E-state index contributed by atoms with van der Waals surface area (Å²) >= 11 is 5.82. The number of alkyl halides is 3. The second kappa shape index (κ2) is 8.14. The normalized spacial score (nSPS) is 18.1. The molecule has 2 N–H and O–H groups in total. The summed E-state index contributed by atoms with van der Waals surface area (Å²) < 4.78 is 47.3. The van der Waals surface area contributed by atoms with Crippen LogP contribution in [0, 0.1) is 0 Å². The average molecular weight is 451 g/mol. The van der Waals surface area contributed by atoms with Gasteiger partial charge >= 0.3 is 6.18 Å². The summed E-state index contributed by atoms with van der Waals surface area (Å²) in [5.74, 6) is 0.113. The summed E-state index contributed by atoms with van der Waals surface area (Å²) in [6, 6.07) is 12.0. The van der Waals surface area contributed by atoms with Gasteiger partial charge in [-0.05, 0) is 42.0 Å². The van der Waals surface area contributed by atoms with Gasteiger partial charge < -0.3 is 15.4 Å². The highest BCUT2D eigenvalue weighted by Gasteiger charge is 2.46. The van der Waals surface area contributed by atoms with Crippen molar-refractivity contribution in [3.8, 4) is 5.75 Å². The minimum absolute atomic E-state index is 0.121. The molecule has 0 saturated carbocycles. The van der Waals surface area contributed by atoms with Gasteiger partial charge in [0.1, 0.15) is 11.6 Å². The Morgan fingerprint density at radius 3 is 2.48 bits per heavy atom. The predicted molar refractivity (Wildman–Crippen MR) is 111 cm³/mol. The monoisotopic (exact) mass is 450 g/mol. The first-order valence-electron chi connectivity index (χ1n) is 9.38. The number of ether oxygens (including phenoxy) is 1. The van der Waals surface area contributed by atoms with Crippen LogP contribution in [0.5, 0.6) is 5.75 Å². The molecule has 2 heterocycles. The summed E-state index contributed by atoms with van der Waals surface area (Å²) in [7, 11) is 1.52. The third-order valence-electron chi connectivity index (χ3n) is 5.04. The van der Waals surface area contributed by atoms with E-state index in [4.69, 9.17) is 16.3 Å². The Labute approximate surface area is 181 Å². The quantitative estimate of drug-likeness (QED) is 0.554. The zero-order valence-corrected chi connectivity index (χ0v) is 17.0. The summed E-state index contributed by atoms with van der Waals surface area (Å²) in [6.07, 6.45) is -4.79. The summed E-state index contributed by atoms with van der Waals surface area (Å²) in [5.41, 5.74) is 1.01. The average Bonchev–Trinajstić information content (AvgIpc) is 3.18. The number of hydrogen-bond donors (Lipinski definition) is 2. The van der Waals surface area contributed by atoms with E-state index in [1.165, 1.54) is 13.2 Å². The molecule has 1 aliphatic rings. The molecule has 2 atom stereocenters. The van der Waals surface area contributed by atoms with Crippen LogP contribution in [0.1, 0.15) is 34.6 Å². The van der Waals surface area contributed by atoms with Crippen LogP contribution in [0.2, 0.25) is 5.02 Å². The van der Waals surface area contributed by atoms with Crippen LogP contribution < -0.4 is 15.4 Å². The number of anilines is 2. The van der Waals surface area contributed by atoms with Crippen molar-refractivity contribution in [1.29, 1.82) is 0 Å². The van der Waals surface area contributed by atoms with Gasteiger partial charge in [-0.3, -0.25) is 4.79 Å². The molecule has 0 bridgehead atoms. The standard InChI is InChI=1S/C21H18ClF3N4O2/c1-31-15-8-2-12(3-9-15)16-10-18(21(23,24)25)29-19(27-16)11-17(28-29)20(30)26-14-6-4-13(22)5-7-14/h2-9,11,16,18,27H,10H2,1H3,(H,26,30)/t16-,18+/m0/s1. The molecule has 0 radical (unpaired) electrons. The summed E-state index contributed by atoms with van der Waals surface area (Å²) in [4.78, 5) is 12.6. The minimum Gasteiger partial charge on any atom is -0.497 e. The number of fused-ring (bicyclic) bond motifs is 1. The van der Waals surface area contributed by atoms with Crippen LogP contribution in [0.15, 0.2) is 54.6 Å². The lowest BCUT2D eigenvalue weighted by Gasteiger charge is -2.33. The van der Waals surface area contributed by atoms with Crippen molar-refractivity contribution in [1.82, 2.24) is 9.78 Å². The van der Waals surface area contributed by atoms with E-state index >= 15 is 0 Å². The Morgan fingerprint density at radius 1 is 1.19 bits per heavy atom. The molecule has 0 spiro atoms. The number of nitrogens with one attached hydrogen (secondary N) is 2. The van der Waals surface area contributed by atoms with E-state index in [0.717, 1.165) is 4.68 Å². The van der Waals surface area contributed by atoms with Gasteiger partial charge in [-0.15, -0.1) is 0 Å². The van der Waals surface area contributed by atoms with Crippen LogP contribution in [-0.2, 0) is 0 Å². The molecule has 10 heteroatoms. The number of carbonyl (C=O) groups excluding carboxylic acids is 1. The Kier molecular flexibility index (Phi) is 5.53. The third-order valence-corrected chi connectivity index (χ3v) is 5.29. The molecule has 1 aliphatic heterocycles. The maximum Gasteiger partial charge on any atom is 0.410 e. The molecule has 4 rings (SSSR count). The lowest BCUT2D eigenvalue weighted by atomic mass is 9.97. The van der Waals surface area contributed by atoms with Gasteiger partial charge in [0, 0.05) is 23.2 Å². The van der Waals surface area contributed by atoms with E-state index in [2.05, 4.69) is 15.7 Å². The maximum atomic E-state index is 13.8. The fourth-order valence-corrected chi connectivity index (χ4v) is 3.59. The van der Waals surface area contributed by atoms with Gasteiger partial charge in [-0.1, -0.05) is 23.7 Å². The number of methoxy groups -OCH3 is 1. The zero-order valence-electron chi connectivity index (χ0n) is 16.3. The van der Waals surface area contributed by atoms with Gasteiger partial charge in [-0.2, -0.15) is 18.3 Å². The van der Waals surface area contributed by atoms with E-state index in [1.54, 1.807) is 48.5 Å². The Morgan fingerprint density at radius 2 is 1.87 bits per heavy atom. The number of amides is 1. The Balaban J connectivity index is 1.62. The number of nitrogens with zero attached hydrogens (tertiary/aromatic N) is 2. The van der Waals surface area contributed by atoms with Crippen molar-refractivity contribution < 1.29 is 22.7 Å². The number of benzene rings is 2. The molecule has 1 amide bonds. The van der Waals surface area contributed by atoms with Crippen LogP contribution in [0.3, 0.4) is 0 Å². The van der Waals surface area contributed by atoms with Crippen molar-refractivity contribution >= 4 is 29.0 Å². The topological polar surface area (TPSA) is 68.2 Å². The molecule has 0 unspecified atom stereocenters. The van der Waals surface area contributed by atoms with Crippen molar-refractivity contribution in [2.24, 2.45) is 0 Å². The highest BCUT2D eigenvalue weighted by atomic mass is 35.5. The first-order chi connectivity index (χ1) is 14.7. The molecule has 2 aromatic carbocycles. The number of hydrogen-bond acceptors (Lipinski definition) is 4. The smallest absolute Gasteiger partial charge is 0.410 e. The fraction of sp³-hybridized carbons (Fsp3) is 0.238. The van der Waals surface area contributed by atoms with Crippen LogP contribution >= 0.6 is 11.6 Å². The molecular formula is C21H18ClF3N4O2. The molecule has 31 heavy (non-hydrogen) atoms. The molecule has 0 saturated heterocycles. The second-order valence-electron chi connectivity index (χ2n) is 7.08.